The van der Waals surface area contributed by atoms with E-state index in [0.29, 0.717) is 18.8 Å². The Morgan fingerprint density at radius 2 is 1.86 bits per heavy atom. The smallest absolute Gasteiger partial charge is 0.325 e. The lowest BCUT2D eigenvalue weighted by atomic mass is 9.67. The lowest BCUT2D eigenvalue weighted by molar-refractivity contribution is -0.136. The van der Waals surface area contributed by atoms with Crippen LogP contribution in [0.15, 0.2) is 24.3 Å². The number of fused-ring (bicyclic) bond motifs is 1. The fourth-order valence-corrected chi connectivity index (χ4v) is 5.23. The van der Waals surface area contributed by atoms with E-state index in [0.717, 1.165) is 36.1 Å². The first kappa shape index (κ1) is 19.9. The van der Waals surface area contributed by atoms with Gasteiger partial charge in [-0.05, 0) is 61.0 Å². The van der Waals surface area contributed by atoms with E-state index in [2.05, 4.69) is 37.5 Å². The number of amides is 4. The maximum atomic E-state index is 13.1. The molecule has 1 saturated carbocycles. The number of carbonyl (C=O) groups is 3. The molecule has 2 N–H and O–H groups in total. The molecule has 4 rings (SSSR count). The highest BCUT2D eigenvalue weighted by molar-refractivity contribution is 6.09. The summed E-state index contributed by atoms with van der Waals surface area (Å²) in [6, 6.07) is 7.60. The van der Waals surface area contributed by atoms with Gasteiger partial charge in [-0.1, -0.05) is 45.0 Å². The standard InChI is InChI=1S/C23H31N3O3/c1-22(2,3)16-10-12-23(13-11-16)20(28)26(21(29)25-23)14-19(27)24-18-9-8-15-6-4-5-7-17(15)18/h4-7,16,18H,8-14H2,1-3H3,(H,24,27)(H,25,29)/t16?,18-,23?/m1/s1. The maximum Gasteiger partial charge on any atom is 0.325 e. The molecule has 1 heterocycles. The summed E-state index contributed by atoms with van der Waals surface area (Å²) in [4.78, 5) is 39.3. The predicted octanol–water partition coefficient (Wildman–Crippen LogP) is 3.32. The number of urea groups is 1. The summed E-state index contributed by atoms with van der Waals surface area (Å²) in [6.07, 6.45) is 4.90. The number of rotatable bonds is 3. The second kappa shape index (κ2) is 7.15. The van der Waals surface area contributed by atoms with E-state index in [1.54, 1.807) is 0 Å². The van der Waals surface area contributed by atoms with Gasteiger partial charge in [-0.2, -0.15) is 0 Å². The zero-order valence-electron chi connectivity index (χ0n) is 17.6. The minimum atomic E-state index is -0.820. The molecule has 1 aromatic rings. The van der Waals surface area contributed by atoms with Gasteiger partial charge in [-0.25, -0.2) is 4.79 Å². The van der Waals surface area contributed by atoms with Crippen molar-refractivity contribution < 1.29 is 14.4 Å². The van der Waals surface area contributed by atoms with Crippen molar-refractivity contribution in [1.82, 2.24) is 15.5 Å². The summed E-state index contributed by atoms with van der Waals surface area (Å²) in [6.45, 7) is 6.46. The van der Waals surface area contributed by atoms with Crippen molar-refractivity contribution in [3.63, 3.8) is 0 Å². The van der Waals surface area contributed by atoms with Crippen LogP contribution in [0.3, 0.4) is 0 Å². The minimum absolute atomic E-state index is 0.0457. The molecule has 3 aliphatic rings. The highest BCUT2D eigenvalue weighted by Crippen LogP contribution is 2.43. The molecule has 0 unspecified atom stereocenters. The second-order valence-corrected chi connectivity index (χ2v) is 9.90. The summed E-state index contributed by atoms with van der Waals surface area (Å²) in [5, 5.41) is 5.92. The molecule has 0 aromatic heterocycles. The van der Waals surface area contributed by atoms with Gasteiger partial charge in [0.25, 0.3) is 5.91 Å². The number of benzene rings is 1. The van der Waals surface area contributed by atoms with E-state index < -0.39 is 11.6 Å². The third-order valence-corrected chi connectivity index (χ3v) is 7.08. The van der Waals surface area contributed by atoms with E-state index in [-0.39, 0.29) is 29.8 Å². The van der Waals surface area contributed by atoms with Crippen LogP contribution in [0.5, 0.6) is 0 Å². The van der Waals surface area contributed by atoms with Gasteiger partial charge in [0.15, 0.2) is 0 Å². The average molecular weight is 398 g/mol. The van der Waals surface area contributed by atoms with Crippen LogP contribution in [0.1, 0.15) is 70.0 Å². The van der Waals surface area contributed by atoms with Crippen molar-refractivity contribution in [2.24, 2.45) is 11.3 Å². The highest BCUT2D eigenvalue weighted by Gasteiger charge is 2.53. The quantitative estimate of drug-likeness (QED) is 0.768. The molecule has 1 spiro atoms. The number of carbonyl (C=O) groups excluding carboxylic acids is 3. The zero-order valence-corrected chi connectivity index (χ0v) is 17.6. The Hall–Kier alpha value is -2.37. The van der Waals surface area contributed by atoms with Gasteiger partial charge in [0.2, 0.25) is 5.91 Å². The molecule has 4 amide bonds. The van der Waals surface area contributed by atoms with E-state index in [4.69, 9.17) is 0 Å². The number of imide groups is 1. The average Bonchev–Trinajstić information content (AvgIpc) is 3.16. The van der Waals surface area contributed by atoms with Crippen molar-refractivity contribution >= 4 is 17.8 Å². The van der Waals surface area contributed by atoms with Gasteiger partial charge in [0.1, 0.15) is 12.1 Å². The van der Waals surface area contributed by atoms with E-state index in [1.807, 2.05) is 18.2 Å². The summed E-state index contributed by atoms with van der Waals surface area (Å²) in [5.41, 5.74) is 1.76. The Balaban J connectivity index is 1.38. The van der Waals surface area contributed by atoms with Crippen molar-refractivity contribution in [2.75, 3.05) is 6.54 Å². The van der Waals surface area contributed by atoms with Crippen LogP contribution in [0.2, 0.25) is 0 Å². The van der Waals surface area contributed by atoms with E-state index >= 15 is 0 Å². The number of nitrogens with zero attached hydrogens (tertiary/aromatic N) is 1. The van der Waals surface area contributed by atoms with Crippen LogP contribution < -0.4 is 10.6 Å². The number of aryl methyl sites for hydroxylation is 1. The van der Waals surface area contributed by atoms with Gasteiger partial charge in [-0.3, -0.25) is 14.5 Å². The lowest BCUT2D eigenvalue weighted by Crippen LogP contribution is -2.51. The first-order valence-electron chi connectivity index (χ1n) is 10.7. The molecule has 2 aliphatic carbocycles. The predicted molar refractivity (Wildman–Crippen MR) is 110 cm³/mol. The van der Waals surface area contributed by atoms with Gasteiger partial charge >= 0.3 is 6.03 Å². The molecule has 156 valence electrons. The fraction of sp³-hybridized carbons (Fsp3) is 0.609. The lowest BCUT2D eigenvalue weighted by Gasteiger charge is -2.40. The molecular weight excluding hydrogens is 366 g/mol. The number of hydrogen-bond donors (Lipinski definition) is 2. The molecule has 0 bridgehead atoms. The first-order chi connectivity index (χ1) is 13.7. The molecule has 1 aliphatic heterocycles. The van der Waals surface area contributed by atoms with Crippen LogP contribution >= 0.6 is 0 Å². The summed E-state index contributed by atoms with van der Waals surface area (Å²) < 4.78 is 0. The van der Waals surface area contributed by atoms with Crippen LogP contribution in [0.25, 0.3) is 0 Å². The minimum Gasteiger partial charge on any atom is -0.348 e. The Morgan fingerprint density at radius 1 is 1.17 bits per heavy atom. The van der Waals surface area contributed by atoms with Crippen LogP contribution in [0.4, 0.5) is 4.79 Å². The monoisotopic (exact) mass is 397 g/mol. The molecular formula is C23H31N3O3. The molecule has 6 nitrogen and oxygen atoms in total. The summed E-state index contributed by atoms with van der Waals surface area (Å²) >= 11 is 0. The van der Waals surface area contributed by atoms with Gasteiger partial charge in [-0.15, -0.1) is 0 Å². The van der Waals surface area contributed by atoms with Crippen LogP contribution in [-0.4, -0.2) is 34.8 Å². The summed E-state index contributed by atoms with van der Waals surface area (Å²) in [5.74, 6) is 0.0186. The van der Waals surface area contributed by atoms with Gasteiger partial charge in [0.05, 0.1) is 6.04 Å². The Kier molecular flexibility index (Phi) is 4.91. The van der Waals surface area contributed by atoms with Crippen LogP contribution in [0, 0.1) is 11.3 Å². The van der Waals surface area contributed by atoms with Crippen LogP contribution in [-0.2, 0) is 16.0 Å². The zero-order chi connectivity index (χ0) is 20.8. The van der Waals surface area contributed by atoms with Crippen molar-refractivity contribution in [3.8, 4) is 0 Å². The Morgan fingerprint density at radius 3 is 2.55 bits per heavy atom. The van der Waals surface area contributed by atoms with Gasteiger partial charge in [0, 0.05) is 0 Å². The van der Waals surface area contributed by atoms with E-state index in [1.165, 1.54) is 5.56 Å². The fourth-order valence-electron chi connectivity index (χ4n) is 5.23. The van der Waals surface area contributed by atoms with Crippen molar-refractivity contribution in [1.29, 1.82) is 0 Å². The Labute approximate surface area is 172 Å². The number of hydrogen-bond acceptors (Lipinski definition) is 3. The van der Waals surface area contributed by atoms with Crippen molar-refractivity contribution in [2.45, 2.75) is 70.9 Å². The molecule has 29 heavy (non-hydrogen) atoms. The third kappa shape index (κ3) is 3.65. The molecule has 2 fully saturated rings. The van der Waals surface area contributed by atoms with E-state index in [9.17, 15) is 14.4 Å². The topological polar surface area (TPSA) is 78.5 Å². The summed E-state index contributed by atoms with van der Waals surface area (Å²) in [7, 11) is 0. The second-order valence-electron chi connectivity index (χ2n) is 9.90. The third-order valence-electron chi connectivity index (χ3n) is 7.08. The Bertz CT molecular complexity index is 834. The molecule has 1 aromatic carbocycles. The maximum absolute atomic E-state index is 13.1. The molecule has 0 radical (unpaired) electrons. The highest BCUT2D eigenvalue weighted by atomic mass is 16.2. The largest absolute Gasteiger partial charge is 0.348 e. The molecule has 1 atom stereocenters. The van der Waals surface area contributed by atoms with Gasteiger partial charge < -0.3 is 10.6 Å². The SMILES string of the molecule is CC(C)(C)C1CCC2(CC1)NC(=O)N(CC(=O)N[C@@H]1CCc3ccccc31)C2=O. The molecule has 1 saturated heterocycles. The number of nitrogens with one attached hydrogen (secondary N) is 2. The first-order valence-corrected chi connectivity index (χ1v) is 10.7. The normalized spacial score (nSPS) is 29.1. The molecule has 6 heteroatoms. The van der Waals surface area contributed by atoms with Crippen molar-refractivity contribution in [3.05, 3.63) is 35.4 Å².